The molecule has 0 saturated carbocycles. The molecular weight excluding hydrogens is 417 g/mol. The number of hydrogen-bond acceptors (Lipinski definition) is 7. The number of aryl methyl sites for hydroxylation is 2. The van der Waals surface area contributed by atoms with Gasteiger partial charge in [-0.25, -0.2) is 14.0 Å². The third-order valence-electron chi connectivity index (χ3n) is 4.84. The molecule has 3 rings (SSSR count). The largest absolute Gasteiger partial charge is 0.486 e. The second-order valence-corrected chi connectivity index (χ2v) is 6.81. The van der Waals surface area contributed by atoms with Crippen molar-refractivity contribution in [2.24, 2.45) is 0 Å². The zero-order valence-corrected chi connectivity index (χ0v) is 18.3. The molecule has 0 atom stereocenters. The number of anilines is 1. The summed E-state index contributed by atoms with van der Waals surface area (Å²) in [6, 6.07) is 4.25. The van der Waals surface area contributed by atoms with E-state index in [-0.39, 0.29) is 23.6 Å². The maximum absolute atomic E-state index is 14.9. The molecular formula is C23H24FN3O5. The topological polar surface area (TPSA) is 82.9 Å². The smallest absolute Gasteiger partial charge is 0.355 e. The maximum atomic E-state index is 14.9. The van der Waals surface area contributed by atoms with Crippen LogP contribution in [0.1, 0.15) is 18.2 Å². The van der Waals surface area contributed by atoms with Crippen LogP contribution in [0.15, 0.2) is 60.1 Å². The van der Waals surface area contributed by atoms with Crippen LogP contribution in [-0.2, 0) is 32.2 Å². The highest BCUT2D eigenvalue weighted by Gasteiger charge is 2.28. The van der Waals surface area contributed by atoms with Gasteiger partial charge in [-0.1, -0.05) is 6.08 Å². The molecule has 0 spiro atoms. The third-order valence-corrected chi connectivity index (χ3v) is 4.84. The van der Waals surface area contributed by atoms with E-state index in [1.54, 1.807) is 22.9 Å². The summed E-state index contributed by atoms with van der Waals surface area (Å²) >= 11 is 0. The normalized spacial score (nSPS) is 13.2. The van der Waals surface area contributed by atoms with Crippen LogP contribution < -0.4 is 9.64 Å². The lowest BCUT2D eigenvalue weighted by atomic mass is 10.1. The van der Waals surface area contributed by atoms with Crippen LogP contribution in [0.5, 0.6) is 5.75 Å². The molecule has 0 radical (unpaired) electrons. The Morgan fingerprint density at radius 1 is 1.12 bits per heavy atom. The van der Waals surface area contributed by atoms with Gasteiger partial charge < -0.3 is 19.1 Å². The number of rotatable bonds is 7. The Hall–Kier alpha value is -3.88. The molecule has 0 bridgehead atoms. The zero-order chi connectivity index (χ0) is 23.3. The SMILES string of the molecule is CCn1cc(COc2ccc(N3C=CC=CC(C(=O)OC)=C3C(=O)OC)cc2F)c(C)n1. The second kappa shape index (κ2) is 9.95. The van der Waals surface area contributed by atoms with Crippen molar-refractivity contribution in [3.63, 3.8) is 0 Å². The fourth-order valence-electron chi connectivity index (χ4n) is 3.14. The summed E-state index contributed by atoms with van der Waals surface area (Å²) in [6.45, 7) is 4.73. The van der Waals surface area contributed by atoms with Crippen molar-refractivity contribution >= 4 is 17.6 Å². The number of ether oxygens (including phenoxy) is 3. The van der Waals surface area contributed by atoms with Gasteiger partial charge in [0.25, 0.3) is 0 Å². The Bertz CT molecular complexity index is 1120. The molecule has 1 aliphatic rings. The number of esters is 2. The van der Waals surface area contributed by atoms with Crippen molar-refractivity contribution in [1.29, 1.82) is 0 Å². The molecule has 1 aromatic carbocycles. The summed E-state index contributed by atoms with van der Waals surface area (Å²) in [6.07, 6.45) is 7.99. The lowest BCUT2D eigenvalue weighted by Crippen LogP contribution is -2.27. The van der Waals surface area contributed by atoms with E-state index < -0.39 is 17.8 Å². The third kappa shape index (κ3) is 4.72. The molecule has 0 amide bonds. The Kier molecular flexibility index (Phi) is 7.09. The molecule has 0 fully saturated rings. The van der Waals surface area contributed by atoms with Gasteiger partial charge >= 0.3 is 11.9 Å². The number of benzene rings is 1. The predicted octanol–water partition coefficient (Wildman–Crippen LogP) is 3.42. The Balaban J connectivity index is 1.91. The first kappa shape index (κ1) is 22.8. The first-order chi connectivity index (χ1) is 15.4. The fourth-order valence-corrected chi connectivity index (χ4v) is 3.14. The summed E-state index contributed by atoms with van der Waals surface area (Å²) in [4.78, 5) is 26.1. The van der Waals surface area contributed by atoms with Crippen molar-refractivity contribution in [3.05, 3.63) is 77.2 Å². The lowest BCUT2D eigenvalue weighted by molar-refractivity contribution is -0.139. The van der Waals surface area contributed by atoms with Gasteiger partial charge in [0.2, 0.25) is 0 Å². The van der Waals surface area contributed by atoms with Gasteiger partial charge in [-0.3, -0.25) is 4.68 Å². The van der Waals surface area contributed by atoms with Gasteiger partial charge in [0.15, 0.2) is 11.6 Å². The molecule has 1 aliphatic heterocycles. The first-order valence-electron chi connectivity index (χ1n) is 9.89. The van der Waals surface area contributed by atoms with Crippen LogP contribution in [-0.4, -0.2) is 35.9 Å². The molecule has 1 aromatic heterocycles. The van der Waals surface area contributed by atoms with Gasteiger partial charge in [-0.2, -0.15) is 5.10 Å². The number of nitrogens with zero attached hydrogens (tertiary/aromatic N) is 3. The number of carbonyl (C=O) groups excluding carboxylic acids is 2. The molecule has 0 aliphatic carbocycles. The summed E-state index contributed by atoms with van der Waals surface area (Å²) < 4.78 is 31.9. The average Bonchev–Trinajstić information content (AvgIpc) is 3.02. The minimum absolute atomic E-state index is 0.0199. The lowest BCUT2D eigenvalue weighted by Gasteiger charge is -2.23. The Morgan fingerprint density at radius 3 is 2.50 bits per heavy atom. The quantitative estimate of drug-likeness (QED) is 0.609. The standard InChI is InChI=1S/C23H24FN3O5/c1-5-26-13-16(15(2)25-26)14-32-20-10-9-17(12-19(20)24)27-11-7-6-8-18(22(28)30-3)21(27)23(29)31-4/h6-13H,5,14H2,1-4H3. The van der Waals surface area contributed by atoms with Gasteiger partial charge in [-0.15, -0.1) is 0 Å². The van der Waals surface area contributed by atoms with Crippen LogP contribution >= 0.6 is 0 Å². The number of methoxy groups -OCH3 is 2. The number of aromatic nitrogens is 2. The Labute approximate surface area is 185 Å². The first-order valence-corrected chi connectivity index (χ1v) is 9.89. The van der Waals surface area contributed by atoms with E-state index in [4.69, 9.17) is 14.2 Å². The van der Waals surface area contributed by atoms with E-state index >= 15 is 0 Å². The molecule has 168 valence electrons. The summed E-state index contributed by atoms with van der Waals surface area (Å²) in [7, 11) is 2.40. The van der Waals surface area contributed by atoms with E-state index in [1.165, 1.54) is 43.5 Å². The van der Waals surface area contributed by atoms with Crippen molar-refractivity contribution in [2.45, 2.75) is 27.0 Å². The van der Waals surface area contributed by atoms with Gasteiger partial charge in [0, 0.05) is 36.3 Å². The van der Waals surface area contributed by atoms with E-state index in [1.807, 2.05) is 20.0 Å². The second-order valence-electron chi connectivity index (χ2n) is 6.81. The highest BCUT2D eigenvalue weighted by atomic mass is 19.1. The molecule has 0 unspecified atom stereocenters. The average molecular weight is 441 g/mol. The van der Waals surface area contributed by atoms with Crippen LogP contribution in [0.25, 0.3) is 0 Å². The molecule has 2 heterocycles. The molecule has 8 nitrogen and oxygen atoms in total. The summed E-state index contributed by atoms with van der Waals surface area (Å²) in [5.41, 5.74) is 1.85. The van der Waals surface area contributed by atoms with Crippen molar-refractivity contribution in [2.75, 3.05) is 19.1 Å². The Morgan fingerprint density at radius 2 is 1.88 bits per heavy atom. The van der Waals surface area contributed by atoms with Gasteiger partial charge in [0.1, 0.15) is 12.3 Å². The van der Waals surface area contributed by atoms with Crippen LogP contribution in [0.4, 0.5) is 10.1 Å². The van der Waals surface area contributed by atoms with Crippen LogP contribution in [0.3, 0.4) is 0 Å². The number of carbonyl (C=O) groups is 2. The summed E-state index contributed by atoms with van der Waals surface area (Å²) in [5, 5.41) is 4.35. The van der Waals surface area contributed by atoms with Gasteiger partial charge in [-0.05, 0) is 38.1 Å². The van der Waals surface area contributed by atoms with Crippen LogP contribution in [0, 0.1) is 12.7 Å². The van der Waals surface area contributed by atoms with Crippen molar-refractivity contribution in [3.8, 4) is 5.75 Å². The minimum atomic E-state index is -0.772. The fraction of sp³-hybridized carbons (Fsp3) is 0.261. The van der Waals surface area contributed by atoms with E-state index in [9.17, 15) is 14.0 Å². The number of halogens is 1. The minimum Gasteiger partial charge on any atom is -0.486 e. The highest BCUT2D eigenvalue weighted by Crippen LogP contribution is 2.30. The van der Waals surface area contributed by atoms with E-state index in [0.29, 0.717) is 5.69 Å². The van der Waals surface area contributed by atoms with Gasteiger partial charge in [0.05, 0.1) is 25.5 Å². The van der Waals surface area contributed by atoms with E-state index in [2.05, 4.69) is 5.10 Å². The van der Waals surface area contributed by atoms with Crippen molar-refractivity contribution < 1.29 is 28.2 Å². The van der Waals surface area contributed by atoms with E-state index in [0.717, 1.165) is 17.8 Å². The van der Waals surface area contributed by atoms with Crippen molar-refractivity contribution in [1.82, 2.24) is 9.78 Å². The molecule has 2 aromatic rings. The predicted molar refractivity (Wildman–Crippen MR) is 115 cm³/mol. The highest BCUT2D eigenvalue weighted by molar-refractivity contribution is 6.05. The van der Waals surface area contributed by atoms with Crippen LogP contribution in [0.2, 0.25) is 0 Å². The zero-order valence-electron chi connectivity index (χ0n) is 18.3. The maximum Gasteiger partial charge on any atom is 0.355 e. The molecule has 0 N–H and O–H groups in total. The monoisotopic (exact) mass is 441 g/mol. The number of allylic oxidation sites excluding steroid dienone is 2. The molecule has 32 heavy (non-hydrogen) atoms. The number of hydrogen-bond donors (Lipinski definition) is 0. The summed E-state index contributed by atoms with van der Waals surface area (Å²) in [5.74, 6) is -2.08. The molecule has 9 heteroatoms. The molecule has 0 saturated heterocycles.